The first-order valence-corrected chi connectivity index (χ1v) is 6.95. The molecule has 0 bridgehead atoms. The van der Waals surface area contributed by atoms with E-state index in [0.29, 0.717) is 17.1 Å². The van der Waals surface area contributed by atoms with Gasteiger partial charge < -0.3 is 9.73 Å². The summed E-state index contributed by atoms with van der Waals surface area (Å²) in [6.07, 6.45) is 1.27. The largest absolute Gasteiger partial charge is 0.423 e. The highest BCUT2D eigenvalue weighted by Gasteiger charge is 2.08. The van der Waals surface area contributed by atoms with Crippen molar-refractivity contribution >= 4 is 27.5 Å². The molecule has 104 valence electrons. The zero-order chi connectivity index (χ0) is 14.7. The van der Waals surface area contributed by atoms with Gasteiger partial charge in [0.15, 0.2) is 0 Å². The first kappa shape index (κ1) is 13.5. The molecule has 3 aromatic rings. The third kappa shape index (κ3) is 3.17. The van der Waals surface area contributed by atoms with Crippen molar-refractivity contribution in [3.05, 3.63) is 65.0 Å². The number of hydrogen-bond donors (Lipinski definition) is 1. The highest BCUT2D eigenvalue weighted by atomic mass is 79.9. The highest BCUT2D eigenvalue weighted by molar-refractivity contribution is 9.10. The number of hydrogen-bond acceptors (Lipinski definition) is 4. The maximum atomic E-state index is 12.1. The number of carbonyl (C=O) groups excluding carboxylic acids is 1. The molecule has 0 radical (unpaired) electrons. The number of nitrogens with zero attached hydrogens (tertiary/aromatic N) is 2. The Hall–Kier alpha value is -2.47. The van der Waals surface area contributed by atoms with Crippen LogP contribution in [0.4, 0.5) is 5.69 Å². The second kappa shape index (κ2) is 5.88. The van der Waals surface area contributed by atoms with Crippen LogP contribution in [0.2, 0.25) is 0 Å². The van der Waals surface area contributed by atoms with Crippen LogP contribution in [0, 0.1) is 0 Å². The van der Waals surface area contributed by atoms with Gasteiger partial charge in [0, 0.05) is 21.3 Å². The van der Waals surface area contributed by atoms with Crippen molar-refractivity contribution in [2.45, 2.75) is 0 Å². The molecule has 6 heteroatoms. The lowest BCUT2D eigenvalue weighted by atomic mass is 10.1. The fraction of sp³-hybridized carbons (Fsp3) is 0. The molecule has 0 atom stereocenters. The number of benzene rings is 2. The Morgan fingerprint density at radius 2 is 1.95 bits per heavy atom. The molecule has 1 aromatic heterocycles. The molecule has 0 spiro atoms. The summed E-state index contributed by atoms with van der Waals surface area (Å²) in [4.78, 5) is 12.1. The molecule has 3 rings (SSSR count). The van der Waals surface area contributed by atoms with E-state index in [0.717, 1.165) is 10.0 Å². The predicted octanol–water partition coefficient (Wildman–Crippen LogP) is 3.75. The molecule has 0 saturated heterocycles. The molecular formula is C15H10BrN3O2. The second-order valence-corrected chi connectivity index (χ2v) is 5.20. The number of aromatic nitrogens is 2. The monoisotopic (exact) mass is 343 g/mol. The molecule has 2 aromatic carbocycles. The second-order valence-electron chi connectivity index (χ2n) is 4.29. The summed E-state index contributed by atoms with van der Waals surface area (Å²) in [7, 11) is 0. The summed E-state index contributed by atoms with van der Waals surface area (Å²) >= 11 is 3.34. The molecule has 0 aliphatic heterocycles. The Balaban J connectivity index is 1.80. The van der Waals surface area contributed by atoms with Gasteiger partial charge >= 0.3 is 0 Å². The summed E-state index contributed by atoms with van der Waals surface area (Å²) < 4.78 is 6.07. The van der Waals surface area contributed by atoms with Crippen LogP contribution in [0.3, 0.4) is 0 Å². The number of nitrogens with one attached hydrogen (secondary N) is 1. The van der Waals surface area contributed by atoms with Gasteiger partial charge in [-0.25, -0.2) is 0 Å². The van der Waals surface area contributed by atoms with E-state index < -0.39 is 0 Å². The van der Waals surface area contributed by atoms with Gasteiger partial charge in [0.05, 0.1) is 0 Å². The molecule has 21 heavy (non-hydrogen) atoms. The van der Waals surface area contributed by atoms with Crippen LogP contribution in [-0.4, -0.2) is 16.1 Å². The molecular weight excluding hydrogens is 334 g/mol. The maximum absolute atomic E-state index is 12.1. The van der Waals surface area contributed by atoms with Crippen LogP contribution < -0.4 is 5.32 Å². The van der Waals surface area contributed by atoms with E-state index in [9.17, 15) is 4.79 Å². The number of halogens is 1. The van der Waals surface area contributed by atoms with Gasteiger partial charge in [-0.15, -0.1) is 10.2 Å². The summed E-state index contributed by atoms with van der Waals surface area (Å²) in [5, 5.41) is 10.3. The van der Waals surface area contributed by atoms with E-state index in [4.69, 9.17) is 4.42 Å². The van der Waals surface area contributed by atoms with E-state index in [-0.39, 0.29) is 5.91 Å². The Labute approximate surface area is 129 Å². The van der Waals surface area contributed by atoms with Gasteiger partial charge in [-0.2, -0.15) is 0 Å². The van der Waals surface area contributed by atoms with E-state index in [1.54, 1.807) is 24.3 Å². The molecule has 0 fully saturated rings. The Kier molecular flexibility index (Phi) is 3.79. The minimum Gasteiger partial charge on any atom is -0.423 e. The van der Waals surface area contributed by atoms with E-state index in [1.807, 2.05) is 24.3 Å². The van der Waals surface area contributed by atoms with Crippen molar-refractivity contribution in [1.29, 1.82) is 0 Å². The number of carbonyl (C=O) groups is 1. The quantitative estimate of drug-likeness (QED) is 0.786. The smallest absolute Gasteiger partial charge is 0.255 e. The van der Waals surface area contributed by atoms with E-state index in [1.165, 1.54) is 6.39 Å². The molecule has 5 nitrogen and oxygen atoms in total. The summed E-state index contributed by atoms with van der Waals surface area (Å²) in [6, 6.07) is 14.4. The van der Waals surface area contributed by atoms with Crippen molar-refractivity contribution < 1.29 is 9.21 Å². The lowest BCUT2D eigenvalue weighted by molar-refractivity contribution is 0.102. The molecule has 0 unspecified atom stereocenters. The van der Waals surface area contributed by atoms with Crippen molar-refractivity contribution in [2.75, 3.05) is 5.32 Å². The van der Waals surface area contributed by atoms with Crippen LogP contribution in [-0.2, 0) is 0 Å². The van der Waals surface area contributed by atoms with Crippen molar-refractivity contribution in [2.24, 2.45) is 0 Å². The molecule has 0 aliphatic carbocycles. The third-order valence-electron chi connectivity index (χ3n) is 2.83. The van der Waals surface area contributed by atoms with Gasteiger partial charge in [-0.1, -0.05) is 22.0 Å². The zero-order valence-electron chi connectivity index (χ0n) is 10.8. The summed E-state index contributed by atoms with van der Waals surface area (Å²) in [6.45, 7) is 0. The van der Waals surface area contributed by atoms with Gasteiger partial charge in [-0.05, 0) is 42.5 Å². The van der Waals surface area contributed by atoms with Gasteiger partial charge in [0.2, 0.25) is 12.3 Å². The number of amides is 1. The fourth-order valence-electron chi connectivity index (χ4n) is 1.83. The normalized spacial score (nSPS) is 10.3. The van der Waals surface area contributed by atoms with Crippen LogP contribution >= 0.6 is 15.9 Å². The standard InChI is InChI=1S/C15H10BrN3O2/c16-12-6-4-10(5-7-12)14(20)18-13-3-1-2-11(8-13)15-19-17-9-21-15/h1-9H,(H,18,20). The Morgan fingerprint density at radius 1 is 1.14 bits per heavy atom. The SMILES string of the molecule is O=C(Nc1cccc(-c2nnco2)c1)c1ccc(Br)cc1. The van der Waals surface area contributed by atoms with Gasteiger partial charge in [0.1, 0.15) is 0 Å². The lowest BCUT2D eigenvalue weighted by Crippen LogP contribution is -2.11. The first-order chi connectivity index (χ1) is 10.2. The summed E-state index contributed by atoms with van der Waals surface area (Å²) in [5.41, 5.74) is 2.00. The average Bonchev–Trinajstić information content (AvgIpc) is 3.02. The van der Waals surface area contributed by atoms with Crippen LogP contribution in [0.25, 0.3) is 11.5 Å². The van der Waals surface area contributed by atoms with E-state index in [2.05, 4.69) is 31.4 Å². The Morgan fingerprint density at radius 3 is 2.67 bits per heavy atom. The topological polar surface area (TPSA) is 68.0 Å². The molecule has 1 N–H and O–H groups in total. The van der Waals surface area contributed by atoms with Crippen molar-refractivity contribution in [3.8, 4) is 11.5 Å². The zero-order valence-corrected chi connectivity index (χ0v) is 12.4. The first-order valence-electron chi connectivity index (χ1n) is 6.16. The van der Waals surface area contributed by atoms with Crippen molar-refractivity contribution in [1.82, 2.24) is 10.2 Å². The lowest BCUT2D eigenvalue weighted by Gasteiger charge is -2.06. The predicted molar refractivity (Wildman–Crippen MR) is 81.8 cm³/mol. The van der Waals surface area contributed by atoms with Gasteiger partial charge in [-0.3, -0.25) is 4.79 Å². The molecule has 0 saturated carbocycles. The molecule has 1 amide bonds. The molecule has 0 aliphatic rings. The number of anilines is 1. The Bertz CT molecular complexity index is 755. The minimum atomic E-state index is -0.176. The average molecular weight is 344 g/mol. The van der Waals surface area contributed by atoms with Crippen LogP contribution in [0.5, 0.6) is 0 Å². The van der Waals surface area contributed by atoms with Crippen molar-refractivity contribution in [3.63, 3.8) is 0 Å². The minimum absolute atomic E-state index is 0.176. The van der Waals surface area contributed by atoms with Crippen LogP contribution in [0.15, 0.2) is 63.8 Å². The summed E-state index contributed by atoms with van der Waals surface area (Å²) in [5.74, 6) is 0.236. The fourth-order valence-corrected chi connectivity index (χ4v) is 2.10. The maximum Gasteiger partial charge on any atom is 0.255 e. The van der Waals surface area contributed by atoms with Crippen LogP contribution in [0.1, 0.15) is 10.4 Å². The molecule has 1 heterocycles. The van der Waals surface area contributed by atoms with E-state index >= 15 is 0 Å². The highest BCUT2D eigenvalue weighted by Crippen LogP contribution is 2.21. The van der Waals surface area contributed by atoms with Gasteiger partial charge in [0.25, 0.3) is 5.91 Å². The third-order valence-corrected chi connectivity index (χ3v) is 3.36. The number of rotatable bonds is 3.